The van der Waals surface area contributed by atoms with Gasteiger partial charge in [0, 0.05) is 24.8 Å². The van der Waals surface area contributed by atoms with E-state index in [1.807, 2.05) is 31.3 Å². The number of rotatable bonds is 6. The van der Waals surface area contributed by atoms with Crippen LogP contribution in [0.1, 0.15) is 24.2 Å². The quantitative estimate of drug-likeness (QED) is 0.882. The van der Waals surface area contributed by atoms with Crippen molar-refractivity contribution in [1.29, 1.82) is 0 Å². The molecule has 0 heterocycles. The Balaban J connectivity index is 2.08. The molecule has 0 saturated heterocycles. The minimum atomic E-state index is -0.586. The molecule has 0 radical (unpaired) electrons. The first-order valence-corrected chi connectivity index (χ1v) is 7.26. The van der Waals surface area contributed by atoms with E-state index in [1.165, 1.54) is 5.56 Å². The molecule has 0 aromatic heterocycles. The number of ether oxygens (including phenoxy) is 1. The third-order valence-electron chi connectivity index (χ3n) is 3.73. The van der Waals surface area contributed by atoms with Crippen molar-refractivity contribution >= 4 is 5.69 Å². The van der Waals surface area contributed by atoms with Crippen LogP contribution in [0.25, 0.3) is 0 Å². The molecule has 0 aliphatic heterocycles. The third-order valence-corrected chi connectivity index (χ3v) is 3.73. The summed E-state index contributed by atoms with van der Waals surface area (Å²) in [4.78, 5) is 2.05. The van der Waals surface area contributed by atoms with Crippen LogP contribution in [-0.4, -0.2) is 25.8 Å². The zero-order chi connectivity index (χ0) is 15.2. The molecule has 0 aliphatic carbocycles. The summed E-state index contributed by atoms with van der Waals surface area (Å²) in [5, 5.41) is 10.4. The summed E-state index contributed by atoms with van der Waals surface area (Å²) in [6.07, 6.45) is 0.449. The normalized spacial score (nSPS) is 12.0. The smallest absolute Gasteiger partial charge is 0.124 e. The number of anilines is 1. The molecule has 0 fully saturated rings. The summed E-state index contributed by atoms with van der Waals surface area (Å²) >= 11 is 0. The van der Waals surface area contributed by atoms with Gasteiger partial charge in [-0.1, -0.05) is 37.3 Å². The zero-order valence-electron chi connectivity index (χ0n) is 12.9. The first-order chi connectivity index (χ1) is 10.2. The van der Waals surface area contributed by atoms with E-state index in [2.05, 4.69) is 36.1 Å². The zero-order valence-corrected chi connectivity index (χ0v) is 12.9. The van der Waals surface area contributed by atoms with Crippen molar-refractivity contribution in [3.05, 3.63) is 59.7 Å². The average molecular weight is 285 g/mol. The maximum absolute atomic E-state index is 10.4. The molecule has 1 N–H and O–H groups in total. The van der Waals surface area contributed by atoms with Gasteiger partial charge in [0.1, 0.15) is 5.75 Å². The molecule has 21 heavy (non-hydrogen) atoms. The van der Waals surface area contributed by atoms with E-state index in [0.717, 1.165) is 23.4 Å². The standard InChI is InChI=1S/C18H23NO2/c1-4-14-9-11-15(12-10-14)19(2)13-17(20)16-7-5-6-8-18(16)21-3/h5-12,17,20H,4,13H2,1-3H3. The number of aliphatic hydroxyl groups excluding tert-OH is 1. The van der Waals surface area contributed by atoms with E-state index in [9.17, 15) is 5.11 Å². The first kappa shape index (κ1) is 15.4. The second-order valence-electron chi connectivity index (χ2n) is 5.16. The summed E-state index contributed by atoms with van der Waals surface area (Å²) in [7, 11) is 3.61. The minimum Gasteiger partial charge on any atom is -0.496 e. The van der Waals surface area contributed by atoms with Crippen LogP contribution in [0.4, 0.5) is 5.69 Å². The number of aliphatic hydroxyl groups is 1. The van der Waals surface area contributed by atoms with E-state index >= 15 is 0 Å². The van der Waals surface area contributed by atoms with Gasteiger partial charge in [-0.15, -0.1) is 0 Å². The average Bonchev–Trinajstić information content (AvgIpc) is 2.54. The monoisotopic (exact) mass is 285 g/mol. The maximum Gasteiger partial charge on any atom is 0.124 e. The van der Waals surface area contributed by atoms with Gasteiger partial charge in [-0.25, -0.2) is 0 Å². The Hall–Kier alpha value is -2.00. The Kier molecular flexibility index (Phi) is 5.23. The lowest BCUT2D eigenvalue weighted by Crippen LogP contribution is -2.24. The van der Waals surface area contributed by atoms with Crippen molar-refractivity contribution < 1.29 is 9.84 Å². The van der Waals surface area contributed by atoms with Gasteiger partial charge in [-0.3, -0.25) is 0 Å². The van der Waals surface area contributed by atoms with Crippen LogP contribution < -0.4 is 9.64 Å². The van der Waals surface area contributed by atoms with Crippen molar-refractivity contribution in [2.24, 2.45) is 0 Å². The van der Waals surface area contributed by atoms with Crippen LogP contribution >= 0.6 is 0 Å². The summed E-state index contributed by atoms with van der Waals surface area (Å²) in [5.74, 6) is 0.722. The fourth-order valence-corrected chi connectivity index (χ4v) is 2.39. The molecule has 2 aromatic carbocycles. The van der Waals surface area contributed by atoms with Crippen LogP contribution in [0, 0.1) is 0 Å². The predicted octanol–water partition coefficient (Wildman–Crippen LogP) is 3.43. The summed E-state index contributed by atoms with van der Waals surface area (Å²) in [6, 6.07) is 16.0. The molecule has 0 amide bonds. The molecule has 3 nitrogen and oxygen atoms in total. The number of hydrogen-bond donors (Lipinski definition) is 1. The number of likely N-dealkylation sites (N-methyl/N-ethyl adjacent to an activating group) is 1. The maximum atomic E-state index is 10.4. The lowest BCUT2D eigenvalue weighted by atomic mass is 10.1. The molecule has 0 aliphatic rings. The van der Waals surface area contributed by atoms with Gasteiger partial charge in [0.15, 0.2) is 0 Å². The Bertz CT molecular complexity index is 566. The number of methoxy groups -OCH3 is 1. The Morgan fingerprint density at radius 1 is 1.10 bits per heavy atom. The van der Waals surface area contributed by atoms with E-state index in [4.69, 9.17) is 4.74 Å². The SMILES string of the molecule is CCc1ccc(N(C)CC(O)c2ccccc2OC)cc1. The van der Waals surface area contributed by atoms with Gasteiger partial charge in [0.05, 0.1) is 13.2 Å². The van der Waals surface area contributed by atoms with Crippen molar-refractivity contribution in [3.63, 3.8) is 0 Å². The predicted molar refractivity (Wildman–Crippen MR) is 87.0 cm³/mol. The van der Waals surface area contributed by atoms with Gasteiger partial charge < -0.3 is 14.7 Å². The van der Waals surface area contributed by atoms with Crippen molar-refractivity contribution in [3.8, 4) is 5.75 Å². The number of benzene rings is 2. The van der Waals surface area contributed by atoms with Crippen molar-refractivity contribution in [1.82, 2.24) is 0 Å². The Morgan fingerprint density at radius 2 is 1.76 bits per heavy atom. The van der Waals surface area contributed by atoms with Crippen molar-refractivity contribution in [2.75, 3.05) is 25.6 Å². The fraction of sp³-hybridized carbons (Fsp3) is 0.333. The van der Waals surface area contributed by atoms with Crippen LogP contribution in [0.15, 0.2) is 48.5 Å². The molecule has 112 valence electrons. The Labute approximate surface area is 126 Å². The van der Waals surface area contributed by atoms with E-state index in [1.54, 1.807) is 7.11 Å². The van der Waals surface area contributed by atoms with E-state index in [0.29, 0.717) is 6.54 Å². The molecule has 1 unspecified atom stereocenters. The second-order valence-corrected chi connectivity index (χ2v) is 5.16. The van der Waals surface area contributed by atoms with Crippen molar-refractivity contribution in [2.45, 2.75) is 19.4 Å². The number of nitrogens with zero attached hydrogens (tertiary/aromatic N) is 1. The Morgan fingerprint density at radius 3 is 2.38 bits per heavy atom. The van der Waals surface area contributed by atoms with Crippen LogP contribution in [-0.2, 0) is 6.42 Å². The van der Waals surface area contributed by atoms with Crippen LogP contribution in [0.5, 0.6) is 5.75 Å². The molecule has 2 aromatic rings. The highest BCUT2D eigenvalue weighted by atomic mass is 16.5. The number of para-hydroxylation sites is 1. The molecular weight excluding hydrogens is 262 g/mol. The molecule has 0 bridgehead atoms. The largest absolute Gasteiger partial charge is 0.496 e. The summed E-state index contributed by atoms with van der Waals surface area (Å²) in [6.45, 7) is 2.66. The molecule has 1 atom stereocenters. The third kappa shape index (κ3) is 3.76. The number of aryl methyl sites for hydroxylation is 1. The highest BCUT2D eigenvalue weighted by Crippen LogP contribution is 2.26. The second kappa shape index (κ2) is 7.14. The van der Waals surface area contributed by atoms with Crippen LogP contribution in [0.2, 0.25) is 0 Å². The molecule has 2 rings (SSSR count). The lowest BCUT2D eigenvalue weighted by molar-refractivity contribution is 0.180. The summed E-state index contributed by atoms with van der Waals surface area (Å²) < 4.78 is 5.31. The highest BCUT2D eigenvalue weighted by Gasteiger charge is 2.15. The van der Waals surface area contributed by atoms with Gasteiger partial charge in [0.2, 0.25) is 0 Å². The molecular formula is C18H23NO2. The summed E-state index contributed by atoms with van der Waals surface area (Å²) in [5.41, 5.74) is 3.23. The molecule has 3 heteroatoms. The van der Waals surface area contributed by atoms with E-state index < -0.39 is 6.10 Å². The number of hydrogen-bond acceptors (Lipinski definition) is 3. The first-order valence-electron chi connectivity index (χ1n) is 7.26. The fourth-order valence-electron chi connectivity index (χ4n) is 2.39. The van der Waals surface area contributed by atoms with Gasteiger partial charge >= 0.3 is 0 Å². The topological polar surface area (TPSA) is 32.7 Å². The van der Waals surface area contributed by atoms with Gasteiger partial charge in [-0.2, -0.15) is 0 Å². The lowest BCUT2D eigenvalue weighted by Gasteiger charge is -2.24. The van der Waals surface area contributed by atoms with Gasteiger partial charge in [-0.05, 0) is 30.2 Å². The molecule has 0 spiro atoms. The van der Waals surface area contributed by atoms with Gasteiger partial charge in [0.25, 0.3) is 0 Å². The van der Waals surface area contributed by atoms with Crippen LogP contribution in [0.3, 0.4) is 0 Å². The highest BCUT2D eigenvalue weighted by molar-refractivity contribution is 5.47. The van der Waals surface area contributed by atoms with E-state index in [-0.39, 0.29) is 0 Å². The minimum absolute atomic E-state index is 0.520. The molecule has 0 saturated carbocycles.